The maximum absolute atomic E-state index is 12.2. The average molecular weight is 458 g/mol. The highest BCUT2D eigenvalue weighted by molar-refractivity contribution is 9.10. The zero-order valence-electron chi connectivity index (χ0n) is 12.7. The van der Waals surface area contributed by atoms with E-state index in [-0.39, 0.29) is 10.7 Å². The molecule has 3 rings (SSSR count). The highest BCUT2D eigenvalue weighted by atomic mass is 79.9. The first-order valence-electron chi connectivity index (χ1n) is 6.93. The summed E-state index contributed by atoms with van der Waals surface area (Å²) in [6, 6.07) is 9.00. The third-order valence-electron chi connectivity index (χ3n) is 3.29. The molecule has 2 amide bonds. The summed E-state index contributed by atoms with van der Waals surface area (Å²) in [7, 11) is 1.50. The van der Waals surface area contributed by atoms with Gasteiger partial charge in [0.15, 0.2) is 10.2 Å². The van der Waals surface area contributed by atoms with Crippen LogP contribution in [-0.4, -0.2) is 28.9 Å². The fraction of sp³-hybridized carbons (Fsp3) is 0.0625. The van der Waals surface area contributed by atoms with E-state index in [1.165, 1.54) is 29.8 Å². The predicted octanol–water partition coefficient (Wildman–Crippen LogP) is 4.10. The van der Waals surface area contributed by atoms with Crippen LogP contribution in [0.2, 0.25) is 5.02 Å². The first-order valence-corrected chi connectivity index (χ1v) is 9.32. The molecule has 0 spiro atoms. The van der Waals surface area contributed by atoms with E-state index in [4.69, 9.17) is 28.2 Å². The molecule has 25 heavy (non-hydrogen) atoms. The van der Waals surface area contributed by atoms with Crippen molar-refractivity contribution in [3.05, 3.63) is 51.2 Å². The molecule has 9 heteroatoms. The van der Waals surface area contributed by atoms with E-state index in [0.29, 0.717) is 20.3 Å². The molecule has 1 aromatic heterocycles. The number of nitrogens with one attached hydrogen (secondary N) is 1. The molecule has 0 bridgehead atoms. The van der Waals surface area contributed by atoms with Crippen molar-refractivity contribution in [3.63, 3.8) is 0 Å². The van der Waals surface area contributed by atoms with Crippen molar-refractivity contribution in [1.29, 1.82) is 0 Å². The highest BCUT2D eigenvalue weighted by Gasteiger charge is 2.31. The number of benzene rings is 1. The van der Waals surface area contributed by atoms with Gasteiger partial charge in [0.1, 0.15) is 11.3 Å². The van der Waals surface area contributed by atoms with E-state index >= 15 is 0 Å². The predicted molar refractivity (Wildman–Crippen MR) is 103 cm³/mol. The van der Waals surface area contributed by atoms with E-state index in [0.717, 1.165) is 4.90 Å². The van der Waals surface area contributed by atoms with Crippen LogP contribution >= 0.6 is 51.5 Å². The molecule has 0 atom stereocenters. The van der Waals surface area contributed by atoms with Gasteiger partial charge in [-0.15, -0.1) is 0 Å². The number of carbonyl (C=O) groups is 2. The van der Waals surface area contributed by atoms with E-state index in [1.54, 1.807) is 18.2 Å². The number of hydrogen-bond acceptors (Lipinski definition) is 5. The zero-order chi connectivity index (χ0) is 18.1. The molecule has 0 unspecified atom stereocenters. The molecule has 0 aliphatic carbocycles. The lowest BCUT2D eigenvalue weighted by Gasteiger charge is -2.24. The molecule has 128 valence electrons. The summed E-state index contributed by atoms with van der Waals surface area (Å²) in [5, 5.41) is 3.78. The van der Waals surface area contributed by atoms with Crippen molar-refractivity contribution in [3.8, 4) is 0 Å². The summed E-state index contributed by atoms with van der Waals surface area (Å²) in [4.78, 5) is 26.3. The topological polar surface area (TPSA) is 62.6 Å². The van der Waals surface area contributed by atoms with E-state index in [1.807, 2.05) is 12.1 Å². The van der Waals surface area contributed by atoms with Crippen molar-refractivity contribution in [2.75, 3.05) is 7.05 Å². The molecule has 1 aliphatic heterocycles. The first-order chi connectivity index (χ1) is 11.8. The summed E-state index contributed by atoms with van der Waals surface area (Å²) >= 11 is 15.6. The second-order valence-corrected chi connectivity index (χ2v) is 7.75. The van der Waals surface area contributed by atoms with Crippen LogP contribution in [0.25, 0.3) is 6.08 Å². The van der Waals surface area contributed by atoms with Gasteiger partial charge in [0.2, 0.25) is 0 Å². The molecular weight excluding hydrogens is 448 g/mol. The molecule has 2 heterocycles. The monoisotopic (exact) mass is 456 g/mol. The summed E-state index contributed by atoms with van der Waals surface area (Å²) in [5.41, 5.74) is -0.0413. The normalized spacial score (nSPS) is 16.5. The number of amides is 2. The molecule has 0 saturated carbocycles. The highest BCUT2D eigenvalue weighted by Crippen LogP contribution is 2.37. The van der Waals surface area contributed by atoms with Crippen LogP contribution in [0.15, 0.2) is 54.8 Å². The minimum atomic E-state index is -0.549. The average Bonchev–Trinajstić information content (AvgIpc) is 2.91. The summed E-state index contributed by atoms with van der Waals surface area (Å²) in [6.07, 6.45) is 1.40. The first kappa shape index (κ1) is 18.2. The van der Waals surface area contributed by atoms with Crippen molar-refractivity contribution < 1.29 is 14.0 Å². The summed E-state index contributed by atoms with van der Waals surface area (Å²) < 4.78 is 6.45. The van der Waals surface area contributed by atoms with Crippen LogP contribution in [0.1, 0.15) is 5.76 Å². The maximum Gasteiger partial charge on any atom is 0.265 e. The van der Waals surface area contributed by atoms with E-state index in [9.17, 15) is 9.59 Å². The minimum absolute atomic E-state index is 0.0413. The van der Waals surface area contributed by atoms with Gasteiger partial charge in [0.05, 0.1) is 4.47 Å². The maximum atomic E-state index is 12.2. The van der Waals surface area contributed by atoms with Crippen molar-refractivity contribution >= 4 is 74.5 Å². The Labute approximate surface area is 166 Å². The molecule has 5 nitrogen and oxygen atoms in total. The number of hydrogen-bond donors (Lipinski definition) is 1. The van der Waals surface area contributed by atoms with Gasteiger partial charge in [-0.1, -0.05) is 23.4 Å². The number of likely N-dealkylation sites (N-methyl/N-ethyl adjacent to an activating group) is 1. The Morgan fingerprint density at radius 3 is 2.68 bits per heavy atom. The van der Waals surface area contributed by atoms with Gasteiger partial charge in [0.25, 0.3) is 11.8 Å². The van der Waals surface area contributed by atoms with Crippen molar-refractivity contribution in [1.82, 2.24) is 10.2 Å². The minimum Gasteiger partial charge on any atom is -0.449 e. The second kappa shape index (κ2) is 7.33. The van der Waals surface area contributed by atoms with Crippen LogP contribution in [0, 0.1) is 0 Å². The zero-order valence-corrected chi connectivity index (χ0v) is 16.7. The SMILES string of the molecule is CN1C(=O)/C(=C/c2cc(Br)c(Sc3ccc(Cl)cc3)o2)C(=O)NC1=S. The molecular formula is C16H10BrClN2O3S2. The van der Waals surface area contributed by atoms with Gasteiger partial charge >= 0.3 is 0 Å². The third kappa shape index (κ3) is 3.98. The van der Waals surface area contributed by atoms with Crippen LogP contribution in [0.3, 0.4) is 0 Å². The standard InChI is InChI=1S/C16H10BrClN2O3S2/c1-20-14(22)11(13(21)19-16(20)24)6-9-7-12(17)15(23-9)25-10-4-2-8(18)3-5-10/h2-7H,1H3,(H,19,21,24)/b11-6+. The van der Waals surface area contributed by atoms with Crippen LogP contribution in [-0.2, 0) is 9.59 Å². The molecule has 1 fully saturated rings. The molecule has 1 aromatic carbocycles. The molecule has 1 aliphatic rings. The van der Waals surface area contributed by atoms with Gasteiger partial charge in [-0.2, -0.15) is 0 Å². The van der Waals surface area contributed by atoms with Gasteiger partial charge < -0.3 is 4.42 Å². The van der Waals surface area contributed by atoms with E-state index < -0.39 is 11.8 Å². The quantitative estimate of drug-likeness (QED) is 0.427. The number of rotatable bonds is 3. The molecule has 0 radical (unpaired) electrons. The number of halogens is 2. The number of furan rings is 1. The molecule has 2 aromatic rings. The van der Waals surface area contributed by atoms with Crippen molar-refractivity contribution in [2.24, 2.45) is 0 Å². The molecule has 1 N–H and O–H groups in total. The van der Waals surface area contributed by atoms with Gasteiger partial charge in [0, 0.05) is 17.0 Å². The lowest BCUT2D eigenvalue weighted by atomic mass is 10.1. The second-order valence-electron chi connectivity index (χ2n) is 5.02. The summed E-state index contributed by atoms with van der Waals surface area (Å²) in [6.45, 7) is 0. The Balaban J connectivity index is 1.87. The van der Waals surface area contributed by atoms with Crippen molar-refractivity contribution in [2.45, 2.75) is 9.99 Å². The van der Waals surface area contributed by atoms with Crippen LogP contribution < -0.4 is 5.32 Å². The van der Waals surface area contributed by atoms with Crippen LogP contribution in [0.5, 0.6) is 0 Å². The van der Waals surface area contributed by atoms with Gasteiger partial charge in [-0.3, -0.25) is 19.8 Å². The Morgan fingerprint density at radius 1 is 1.32 bits per heavy atom. The number of thiocarbonyl (C=S) groups is 1. The number of nitrogens with zero attached hydrogens (tertiary/aromatic N) is 1. The Morgan fingerprint density at radius 2 is 2.00 bits per heavy atom. The van der Waals surface area contributed by atoms with Gasteiger partial charge in [-0.25, -0.2) is 0 Å². The third-order valence-corrected chi connectivity index (χ3v) is 5.77. The Bertz CT molecular complexity index is 909. The fourth-order valence-electron chi connectivity index (χ4n) is 2.01. The lowest BCUT2D eigenvalue weighted by molar-refractivity contribution is -0.128. The van der Waals surface area contributed by atoms with Crippen LogP contribution in [0.4, 0.5) is 0 Å². The Kier molecular flexibility index (Phi) is 5.33. The molecule has 1 saturated heterocycles. The smallest absolute Gasteiger partial charge is 0.265 e. The van der Waals surface area contributed by atoms with Gasteiger partial charge in [-0.05, 0) is 64.6 Å². The fourth-order valence-corrected chi connectivity index (χ4v) is 3.64. The largest absolute Gasteiger partial charge is 0.449 e. The lowest BCUT2D eigenvalue weighted by Crippen LogP contribution is -2.52. The number of carbonyl (C=O) groups excluding carboxylic acids is 2. The van der Waals surface area contributed by atoms with E-state index in [2.05, 4.69) is 21.2 Å². The Hall–Kier alpha value is -1.61. The summed E-state index contributed by atoms with van der Waals surface area (Å²) in [5.74, 6) is -0.649.